The number of nitrogens with zero attached hydrogens (tertiary/aromatic N) is 2. The monoisotopic (exact) mass is 271 g/mol. The number of benzene rings is 1. The third-order valence-corrected chi connectivity index (χ3v) is 2.88. The van der Waals surface area contributed by atoms with Crippen LogP contribution in [0.2, 0.25) is 0 Å². The molecule has 20 heavy (non-hydrogen) atoms. The lowest BCUT2D eigenvalue weighted by molar-refractivity contribution is 0.318. The Kier molecular flexibility index (Phi) is 3.89. The first-order chi connectivity index (χ1) is 9.51. The van der Waals surface area contributed by atoms with Gasteiger partial charge >= 0.3 is 0 Å². The van der Waals surface area contributed by atoms with Gasteiger partial charge in [0.1, 0.15) is 5.75 Å². The van der Waals surface area contributed by atoms with Crippen LogP contribution in [0.1, 0.15) is 22.4 Å². The summed E-state index contributed by atoms with van der Waals surface area (Å²) >= 11 is 0. The van der Waals surface area contributed by atoms with Crippen molar-refractivity contribution in [2.75, 3.05) is 0 Å². The molecule has 0 aliphatic carbocycles. The maximum atomic E-state index is 8.90. The summed E-state index contributed by atoms with van der Waals surface area (Å²) in [5.74, 6) is 0.982. The number of rotatable bonds is 3. The minimum atomic E-state index is -0.0161. The van der Waals surface area contributed by atoms with Gasteiger partial charge < -0.3 is 15.7 Å². The Bertz CT molecular complexity index is 666. The maximum Gasteiger partial charge on any atom is 0.230 e. The molecule has 0 amide bonds. The molecule has 1 aromatic heterocycles. The van der Waals surface area contributed by atoms with E-state index in [9.17, 15) is 0 Å². The van der Waals surface area contributed by atoms with E-state index in [0.717, 1.165) is 16.8 Å². The fourth-order valence-electron chi connectivity index (χ4n) is 2.03. The van der Waals surface area contributed by atoms with E-state index in [-0.39, 0.29) is 5.84 Å². The molecule has 5 nitrogen and oxygen atoms in total. The molecule has 2 aromatic rings. The molecule has 5 heteroatoms. The predicted octanol–water partition coefficient (Wildman–Crippen LogP) is 2.89. The van der Waals surface area contributed by atoms with Gasteiger partial charge in [0.2, 0.25) is 5.88 Å². The molecule has 104 valence electrons. The van der Waals surface area contributed by atoms with Crippen molar-refractivity contribution in [2.45, 2.75) is 20.8 Å². The summed E-state index contributed by atoms with van der Waals surface area (Å²) in [7, 11) is 0. The van der Waals surface area contributed by atoms with Crippen molar-refractivity contribution in [3.05, 3.63) is 52.7 Å². The number of amidine groups is 1. The Hall–Kier alpha value is -2.56. The molecule has 0 unspecified atom stereocenters. The summed E-state index contributed by atoms with van der Waals surface area (Å²) in [5, 5.41) is 11.9. The third kappa shape index (κ3) is 2.88. The van der Waals surface area contributed by atoms with Crippen molar-refractivity contribution in [2.24, 2.45) is 10.9 Å². The Balaban J connectivity index is 2.50. The van der Waals surface area contributed by atoms with Gasteiger partial charge in [0.05, 0.1) is 5.56 Å². The minimum Gasteiger partial charge on any atom is -0.438 e. The number of nitrogens with two attached hydrogens (primary N) is 1. The molecule has 0 saturated heterocycles. The second kappa shape index (κ2) is 5.61. The number of hydrogen-bond acceptors (Lipinski definition) is 4. The second-order valence-electron chi connectivity index (χ2n) is 4.66. The molecule has 0 atom stereocenters. The summed E-state index contributed by atoms with van der Waals surface area (Å²) in [6.07, 6.45) is 0. The third-order valence-electron chi connectivity index (χ3n) is 2.88. The van der Waals surface area contributed by atoms with Crippen molar-refractivity contribution < 1.29 is 9.94 Å². The Labute approximate surface area is 117 Å². The summed E-state index contributed by atoms with van der Waals surface area (Å²) in [4.78, 5) is 4.33. The van der Waals surface area contributed by atoms with E-state index in [1.54, 1.807) is 0 Å². The van der Waals surface area contributed by atoms with E-state index in [0.29, 0.717) is 17.2 Å². The van der Waals surface area contributed by atoms with Gasteiger partial charge in [-0.1, -0.05) is 17.3 Å². The van der Waals surface area contributed by atoms with Crippen LogP contribution in [0.15, 0.2) is 35.5 Å². The highest BCUT2D eigenvalue weighted by Crippen LogP contribution is 2.26. The first-order valence-corrected chi connectivity index (χ1v) is 6.22. The van der Waals surface area contributed by atoms with Crippen molar-refractivity contribution in [1.29, 1.82) is 0 Å². The van der Waals surface area contributed by atoms with E-state index in [4.69, 9.17) is 15.7 Å². The van der Waals surface area contributed by atoms with Crippen molar-refractivity contribution in [3.63, 3.8) is 0 Å². The molecule has 0 bridgehead atoms. The maximum absolute atomic E-state index is 8.90. The van der Waals surface area contributed by atoms with Crippen molar-refractivity contribution in [3.8, 4) is 11.6 Å². The molecule has 0 aliphatic rings. The fraction of sp³-hybridized carbons (Fsp3) is 0.200. The number of ether oxygens (including phenoxy) is 1. The van der Waals surface area contributed by atoms with Gasteiger partial charge in [-0.05, 0) is 50.1 Å². The van der Waals surface area contributed by atoms with Crippen molar-refractivity contribution >= 4 is 5.84 Å². The van der Waals surface area contributed by atoms with Gasteiger partial charge in [0.25, 0.3) is 0 Å². The molecule has 1 aromatic carbocycles. The molecule has 1 heterocycles. The van der Waals surface area contributed by atoms with Crippen LogP contribution in [-0.2, 0) is 0 Å². The lowest BCUT2D eigenvalue weighted by atomic mass is 10.1. The van der Waals surface area contributed by atoms with Gasteiger partial charge in [0, 0.05) is 5.69 Å². The molecule has 0 aliphatic heterocycles. The van der Waals surface area contributed by atoms with Gasteiger partial charge in [-0.2, -0.15) is 0 Å². The summed E-state index contributed by atoms with van der Waals surface area (Å²) in [6, 6.07) is 9.47. The van der Waals surface area contributed by atoms with E-state index in [2.05, 4.69) is 10.1 Å². The number of hydrogen-bond donors (Lipinski definition) is 2. The zero-order chi connectivity index (χ0) is 14.7. The van der Waals surface area contributed by atoms with E-state index in [1.807, 2.05) is 51.1 Å². The molecule has 0 radical (unpaired) electrons. The summed E-state index contributed by atoms with van der Waals surface area (Å²) < 4.78 is 5.79. The van der Waals surface area contributed by atoms with Crippen LogP contribution in [0.5, 0.6) is 11.6 Å². The normalized spacial score (nSPS) is 11.4. The van der Waals surface area contributed by atoms with Crippen LogP contribution in [0.3, 0.4) is 0 Å². The topological polar surface area (TPSA) is 80.7 Å². The smallest absolute Gasteiger partial charge is 0.230 e. The quantitative estimate of drug-likeness (QED) is 0.389. The van der Waals surface area contributed by atoms with Crippen LogP contribution in [0.4, 0.5) is 0 Å². The van der Waals surface area contributed by atoms with Crippen LogP contribution < -0.4 is 10.5 Å². The molecule has 3 N–H and O–H groups in total. The van der Waals surface area contributed by atoms with Gasteiger partial charge in [0.15, 0.2) is 5.84 Å². The molecule has 2 rings (SSSR count). The van der Waals surface area contributed by atoms with Crippen LogP contribution >= 0.6 is 0 Å². The van der Waals surface area contributed by atoms with Gasteiger partial charge in [-0.3, -0.25) is 0 Å². The first-order valence-electron chi connectivity index (χ1n) is 6.22. The number of oxime groups is 1. The zero-order valence-corrected chi connectivity index (χ0v) is 11.7. The van der Waals surface area contributed by atoms with E-state index < -0.39 is 0 Å². The average Bonchev–Trinajstić information content (AvgIpc) is 2.37. The summed E-state index contributed by atoms with van der Waals surface area (Å²) in [5.41, 5.74) is 8.94. The van der Waals surface area contributed by atoms with Crippen LogP contribution in [0, 0.1) is 20.8 Å². The Morgan fingerprint density at radius 2 is 2.00 bits per heavy atom. The van der Waals surface area contributed by atoms with E-state index >= 15 is 0 Å². The van der Waals surface area contributed by atoms with Crippen molar-refractivity contribution in [1.82, 2.24) is 4.98 Å². The Morgan fingerprint density at radius 3 is 2.65 bits per heavy atom. The highest BCUT2D eigenvalue weighted by Gasteiger charge is 2.15. The number of pyridine rings is 1. The van der Waals surface area contributed by atoms with E-state index in [1.165, 1.54) is 0 Å². The van der Waals surface area contributed by atoms with Gasteiger partial charge in [-0.15, -0.1) is 0 Å². The molecular formula is C15H17N3O2. The lowest BCUT2D eigenvalue weighted by Gasteiger charge is -2.13. The fourth-order valence-corrected chi connectivity index (χ4v) is 2.03. The second-order valence-corrected chi connectivity index (χ2v) is 4.66. The van der Waals surface area contributed by atoms with Crippen LogP contribution in [-0.4, -0.2) is 16.0 Å². The minimum absolute atomic E-state index is 0.0161. The lowest BCUT2D eigenvalue weighted by Crippen LogP contribution is -2.17. The highest BCUT2D eigenvalue weighted by atomic mass is 16.5. The molecular weight excluding hydrogens is 254 g/mol. The summed E-state index contributed by atoms with van der Waals surface area (Å²) in [6.45, 7) is 5.71. The molecule has 0 fully saturated rings. The first kappa shape index (κ1) is 13.9. The number of aromatic nitrogens is 1. The Morgan fingerprint density at radius 1 is 1.25 bits per heavy atom. The standard InChI is InChI=1S/C15H17N3O2/c1-9-5-4-6-12(7-9)20-15-13(14(16)18-19)10(2)8-11(3)17-15/h4-8,19H,1-3H3,(H2,16,18). The zero-order valence-electron chi connectivity index (χ0n) is 11.7. The highest BCUT2D eigenvalue weighted by molar-refractivity contribution is 6.00. The van der Waals surface area contributed by atoms with Gasteiger partial charge in [-0.25, -0.2) is 4.98 Å². The molecule has 0 saturated carbocycles. The molecule has 0 spiro atoms. The SMILES string of the molecule is Cc1cccc(Oc2nc(C)cc(C)c2/C(N)=N/O)c1. The largest absolute Gasteiger partial charge is 0.438 e. The number of aryl methyl sites for hydroxylation is 3. The van der Waals surface area contributed by atoms with Crippen LogP contribution in [0.25, 0.3) is 0 Å². The predicted molar refractivity (Wildman–Crippen MR) is 77.5 cm³/mol. The average molecular weight is 271 g/mol.